The lowest BCUT2D eigenvalue weighted by Gasteiger charge is -2.37. The van der Waals surface area contributed by atoms with Crippen molar-refractivity contribution in [1.29, 1.82) is 0 Å². The number of pyridine rings is 2. The zero-order valence-corrected chi connectivity index (χ0v) is 16.9. The fraction of sp³-hybridized carbons (Fsp3) is 0.130. The lowest BCUT2D eigenvalue weighted by Crippen LogP contribution is -2.35. The second-order valence-corrected chi connectivity index (χ2v) is 7.85. The zero-order chi connectivity index (χ0) is 19.8. The zero-order valence-electron chi connectivity index (χ0n) is 15.4. The van der Waals surface area contributed by atoms with E-state index in [0.717, 1.165) is 39.9 Å². The van der Waals surface area contributed by atoms with Crippen LogP contribution < -0.4 is 4.74 Å². The molecule has 4 nitrogen and oxygen atoms in total. The van der Waals surface area contributed by atoms with Gasteiger partial charge >= 0.3 is 0 Å². The van der Waals surface area contributed by atoms with Crippen LogP contribution in [0.4, 0.5) is 0 Å². The summed E-state index contributed by atoms with van der Waals surface area (Å²) in [5.74, 6) is 0.843. The fourth-order valence-corrected chi connectivity index (χ4v) is 4.04. The third-order valence-corrected chi connectivity index (χ3v) is 5.84. The molecule has 0 radical (unpaired) electrons. The maximum absolute atomic E-state index is 6.55. The van der Waals surface area contributed by atoms with Gasteiger partial charge in [0.2, 0.25) is 0 Å². The second-order valence-electron chi connectivity index (χ2n) is 7.03. The smallest absolute Gasteiger partial charge is 0.179 e. The minimum Gasteiger partial charge on any atom is -0.468 e. The van der Waals surface area contributed by atoms with Gasteiger partial charge in [-0.2, -0.15) is 0 Å². The van der Waals surface area contributed by atoms with Crippen LogP contribution in [0.2, 0.25) is 10.0 Å². The summed E-state index contributed by atoms with van der Waals surface area (Å²) in [6, 6.07) is 17.9. The first kappa shape index (κ1) is 18.4. The Hall–Kier alpha value is -2.66. The molecule has 0 amide bonds. The Bertz CT molecular complexity index is 1180. The molecule has 1 aliphatic rings. The summed E-state index contributed by atoms with van der Waals surface area (Å²) in [6.07, 6.45) is 5.11. The van der Waals surface area contributed by atoms with Crippen molar-refractivity contribution in [2.45, 2.75) is 19.3 Å². The van der Waals surface area contributed by atoms with E-state index < -0.39 is 0 Å². The van der Waals surface area contributed by atoms with Gasteiger partial charge in [-0.25, -0.2) is 0 Å². The third kappa shape index (κ3) is 3.55. The summed E-state index contributed by atoms with van der Waals surface area (Å²) in [5, 5.41) is 2.18. The Morgan fingerprint density at radius 1 is 0.966 bits per heavy atom. The van der Waals surface area contributed by atoms with Crippen molar-refractivity contribution in [3.05, 3.63) is 99.9 Å². The minimum absolute atomic E-state index is 0.257. The fourth-order valence-electron chi connectivity index (χ4n) is 3.72. The number of aromatic nitrogens is 2. The molecule has 0 saturated carbocycles. The van der Waals surface area contributed by atoms with Crippen LogP contribution in [-0.4, -0.2) is 14.9 Å². The van der Waals surface area contributed by atoms with Crippen LogP contribution in [0.25, 0.3) is 10.9 Å². The molecular formula is C23H17Cl2N3O. The number of benzene rings is 2. The number of rotatable bonds is 3. The summed E-state index contributed by atoms with van der Waals surface area (Å²) in [4.78, 5) is 11.0. The molecule has 0 saturated heterocycles. The van der Waals surface area contributed by atoms with E-state index in [1.54, 1.807) is 18.6 Å². The van der Waals surface area contributed by atoms with Gasteiger partial charge in [0.1, 0.15) is 5.52 Å². The van der Waals surface area contributed by atoms with Gasteiger partial charge in [0.15, 0.2) is 12.0 Å². The summed E-state index contributed by atoms with van der Waals surface area (Å²) >= 11 is 12.3. The number of fused-ring (bicyclic) bond motifs is 3. The molecule has 2 aromatic heterocycles. The van der Waals surface area contributed by atoms with Crippen molar-refractivity contribution in [3.63, 3.8) is 0 Å². The van der Waals surface area contributed by atoms with Crippen LogP contribution in [0, 0.1) is 0 Å². The Morgan fingerprint density at radius 2 is 1.83 bits per heavy atom. The molecule has 2 aromatic carbocycles. The Kier molecular flexibility index (Phi) is 4.84. The van der Waals surface area contributed by atoms with Gasteiger partial charge in [0.05, 0.1) is 10.0 Å². The summed E-state index contributed by atoms with van der Waals surface area (Å²) in [7, 11) is 0. The van der Waals surface area contributed by atoms with E-state index in [-0.39, 0.29) is 6.23 Å². The SMILES string of the molecule is Clc1ccc(CN2Cc3ccc4cccnc4c3OC2c2ccncc2)cc1Cl. The van der Waals surface area contributed by atoms with Crippen molar-refractivity contribution in [2.24, 2.45) is 0 Å². The average molecular weight is 422 g/mol. The van der Waals surface area contributed by atoms with Crippen LogP contribution >= 0.6 is 23.2 Å². The third-order valence-electron chi connectivity index (χ3n) is 5.11. The van der Waals surface area contributed by atoms with Crippen molar-refractivity contribution in [3.8, 4) is 5.75 Å². The predicted octanol–water partition coefficient (Wildman–Crippen LogP) is 6.03. The number of nitrogens with zero attached hydrogens (tertiary/aromatic N) is 3. The first-order valence-electron chi connectivity index (χ1n) is 9.30. The van der Waals surface area contributed by atoms with Crippen LogP contribution in [0.1, 0.15) is 22.9 Å². The topological polar surface area (TPSA) is 38.2 Å². The Balaban J connectivity index is 1.57. The van der Waals surface area contributed by atoms with E-state index >= 15 is 0 Å². The lowest BCUT2D eigenvalue weighted by atomic mass is 10.0. The van der Waals surface area contributed by atoms with Crippen LogP contribution in [-0.2, 0) is 13.1 Å². The summed E-state index contributed by atoms with van der Waals surface area (Å²) in [5.41, 5.74) is 4.11. The molecule has 1 atom stereocenters. The maximum atomic E-state index is 6.55. The normalized spacial score (nSPS) is 16.4. The minimum atomic E-state index is -0.257. The van der Waals surface area contributed by atoms with Crippen molar-refractivity contribution >= 4 is 34.1 Å². The van der Waals surface area contributed by atoms with Crippen LogP contribution in [0.3, 0.4) is 0 Å². The highest BCUT2D eigenvalue weighted by Crippen LogP contribution is 2.40. The monoisotopic (exact) mass is 421 g/mol. The highest BCUT2D eigenvalue weighted by molar-refractivity contribution is 6.42. The molecule has 144 valence electrons. The van der Waals surface area contributed by atoms with E-state index in [0.29, 0.717) is 16.6 Å². The molecule has 0 aliphatic carbocycles. The van der Waals surface area contributed by atoms with Gasteiger partial charge in [-0.15, -0.1) is 0 Å². The van der Waals surface area contributed by atoms with Gasteiger partial charge in [0.25, 0.3) is 0 Å². The van der Waals surface area contributed by atoms with Gasteiger partial charge in [0, 0.05) is 48.2 Å². The van der Waals surface area contributed by atoms with E-state index in [9.17, 15) is 0 Å². The first-order valence-corrected chi connectivity index (χ1v) is 10.1. The molecule has 1 aliphatic heterocycles. The van der Waals surface area contributed by atoms with Gasteiger partial charge in [-0.3, -0.25) is 14.9 Å². The highest BCUT2D eigenvalue weighted by Gasteiger charge is 2.30. The maximum Gasteiger partial charge on any atom is 0.179 e. The first-order chi connectivity index (χ1) is 14.2. The Morgan fingerprint density at radius 3 is 2.66 bits per heavy atom. The molecule has 0 bridgehead atoms. The number of hydrogen-bond donors (Lipinski definition) is 0. The molecule has 0 fully saturated rings. The van der Waals surface area contributed by atoms with Crippen LogP contribution in [0.15, 0.2) is 73.2 Å². The summed E-state index contributed by atoms with van der Waals surface area (Å²) < 4.78 is 6.55. The largest absolute Gasteiger partial charge is 0.468 e. The van der Waals surface area contributed by atoms with E-state index in [1.165, 1.54) is 0 Å². The number of ether oxygens (including phenoxy) is 1. The summed E-state index contributed by atoms with van der Waals surface area (Å²) in [6.45, 7) is 1.40. The van der Waals surface area contributed by atoms with Crippen molar-refractivity contribution in [1.82, 2.24) is 14.9 Å². The van der Waals surface area contributed by atoms with Crippen molar-refractivity contribution in [2.75, 3.05) is 0 Å². The molecule has 0 spiro atoms. The molecular weight excluding hydrogens is 405 g/mol. The predicted molar refractivity (Wildman–Crippen MR) is 115 cm³/mol. The molecule has 3 heterocycles. The highest BCUT2D eigenvalue weighted by atomic mass is 35.5. The van der Waals surface area contributed by atoms with Gasteiger partial charge in [-0.05, 0) is 35.9 Å². The standard InChI is InChI=1S/C23H17Cl2N3O/c24-19-6-3-15(12-20(19)25)13-28-14-18-5-4-16-2-1-9-27-21(16)22(18)29-23(28)17-7-10-26-11-8-17/h1-12,23H,13-14H2. The van der Waals surface area contributed by atoms with Crippen molar-refractivity contribution < 1.29 is 4.74 Å². The molecule has 4 aromatic rings. The second kappa shape index (κ2) is 7.64. The van der Waals surface area contributed by atoms with E-state index in [1.807, 2.05) is 36.4 Å². The molecule has 5 rings (SSSR count). The molecule has 1 unspecified atom stereocenters. The number of hydrogen-bond acceptors (Lipinski definition) is 4. The van der Waals surface area contributed by atoms with Crippen LogP contribution in [0.5, 0.6) is 5.75 Å². The van der Waals surface area contributed by atoms with Gasteiger partial charge < -0.3 is 4.74 Å². The molecule has 6 heteroatoms. The molecule has 0 N–H and O–H groups in total. The average Bonchev–Trinajstić information content (AvgIpc) is 2.76. The van der Waals surface area contributed by atoms with E-state index in [4.69, 9.17) is 27.9 Å². The van der Waals surface area contributed by atoms with E-state index in [2.05, 4.69) is 33.1 Å². The quantitative estimate of drug-likeness (QED) is 0.404. The Labute approximate surface area is 178 Å². The van der Waals surface area contributed by atoms with Gasteiger partial charge in [-0.1, -0.05) is 47.5 Å². The lowest BCUT2D eigenvalue weighted by molar-refractivity contribution is -0.00772. The number of halogens is 2. The molecule has 29 heavy (non-hydrogen) atoms.